The summed E-state index contributed by atoms with van der Waals surface area (Å²) in [4.78, 5) is 15.0. The van der Waals surface area contributed by atoms with Crippen LogP contribution in [-0.4, -0.2) is 46.8 Å². The van der Waals surface area contributed by atoms with E-state index < -0.39 is 0 Å². The number of amides is 1. The lowest BCUT2D eigenvalue weighted by atomic mass is 9.92. The second-order valence-electron chi connectivity index (χ2n) is 6.89. The van der Waals surface area contributed by atoms with Crippen LogP contribution in [0.15, 0.2) is 6.20 Å². The van der Waals surface area contributed by atoms with Crippen LogP contribution in [0.25, 0.3) is 0 Å². The highest BCUT2D eigenvalue weighted by Crippen LogP contribution is 2.41. The fourth-order valence-electron chi connectivity index (χ4n) is 4.04. The molecule has 114 valence electrons. The first-order chi connectivity index (χ1) is 10.2. The summed E-state index contributed by atoms with van der Waals surface area (Å²) in [6.45, 7) is 4.07. The van der Waals surface area contributed by atoms with Gasteiger partial charge in [0.05, 0.1) is 17.5 Å². The van der Waals surface area contributed by atoms with Crippen molar-refractivity contribution in [2.24, 2.45) is 18.9 Å². The van der Waals surface area contributed by atoms with Crippen molar-refractivity contribution in [2.75, 3.05) is 26.2 Å². The van der Waals surface area contributed by atoms with E-state index in [2.05, 4.69) is 15.3 Å². The molecule has 3 aliphatic rings. The van der Waals surface area contributed by atoms with E-state index in [9.17, 15) is 4.79 Å². The molecule has 0 radical (unpaired) electrons. The van der Waals surface area contributed by atoms with Crippen LogP contribution in [0.1, 0.15) is 47.7 Å². The molecule has 0 spiro atoms. The monoisotopic (exact) mass is 288 g/mol. The lowest BCUT2D eigenvalue weighted by molar-refractivity contribution is 0.0757. The van der Waals surface area contributed by atoms with Crippen LogP contribution in [0, 0.1) is 11.8 Å². The Kier molecular flexibility index (Phi) is 3.25. The molecule has 2 atom stereocenters. The van der Waals surface area contributed by atoms with E-state index in [-0.39, 0.29) is 5.91 Å². The van der Waals surface area contributed by atoms with Crippen molar-refractivity contribution in [3.05, 3.63) is 17.5 Å². The van der Waals surface area contributed by atoms with Crippen molar-refractivity contribution in [2.45, 2.75) is 31.6 Å². The predicted molar refractivity (Wildman–Crippen MR) is 80.2 cm³/mol. The number of aromatic nitrogens is 2. The van der Waals surface area contributed by atoms with E-state index in [0.29, 0.717) is 5.92 Å². The van der Waals surface area contributed by atoms with Crippen LogP contribution in [0.3, 0.4) is 0 Å². The zero-order valence-corrected chi connectivity index (χ0v) is 12.7. The molecule has 1 saturated carbocycles. The van der Waals surface area contributed by atoms with E-state index in [1.54, 1.807) is 6.20 Å². The molecule has 4 rings (SSSR count). The van der Waals surface area contributed by atoms with Crippen molar-refractivity contribution in [3.8, 4) is 0 Å². The van der Waals surface area contributed by atoms with Gasteiger partial charge in [0.25, 0.3) is 5.91 Å². The minimum absolute atomic E-state index is 0.206. The fraction of sp³-hybridized carbons (Fsp3) is 0.750. The SMILES string of the molecule is Cn1ncc(C(=O)N2CC[C@@H]3CNC[C@@H]3CC2)c1C1CC1. The third-order valence-corrected chi connectivity index (χ3v) is 5.49. The molecular weight excluding hydrogens is 264 g/mol. The van der Waals surface area contributed by atoms with Gasteiger partial charge < -0.3 is 10.2 Å². The third kappa shape index (κ3) is 2.37. The van der Waals surface area contributed by atoms with Crippen molar-refractivity contribution in [1.29, 1.82) is 0 Å². The summed E-state index contributed by atoms with van der Waals surface area (Å²) in [5, 5.41) is 7.82. The summed E-state index contributed by atoms with van der Waals surface area (Å²) in [5.74, 6) is 2.30. The lowest BCUT2D eigenvalue weighted by Gasteiger charge is -2.21. The first-order valence-corrected chi connectivity index (χ1v) is 8.26. The van der Waals surface area contributed by atoms with Crippen LogP contribution in [0.4, 0.5) is 0 Å². The normalized spacial score (nSPS) is 29.3. The molecule has 21 heavy (non-hydrogen) atoms. The number of carbonyl (C=O) groups excluding carboxylic acids is 1. The van der Waals surface area contributed by atoms with Crippen molar-refractivity contribution >= 4 is 5.91 Å². The molecule has 0 bridgehead atoms. The molecule has 1 N–H and O–H groups in total. The summed E-state index contributed by atoms with van der Waals surface area (Å²) in [6.07, 6.45) is 6.47. The molecule has 1 aromatic heterocycles. The number of hydrogen-bond donors (Lipinski definition) is 1. The Morgan fingerprint density at radius 1 is 1.19 bits per heavy atom. The van der Waals surface area contributed by atoms with E-state index in [4.69, 9.17) is 0 Å². The van der Waals surface area contributed by atoms with Crippen molar-refractivity contribution < 1.29 is 4.79 Å². The number of fused-ring (bicyclic) bond motifs is 1. The molecule has 2 aliphatic heterocycles. The zero-order valence-electron chi connectivity index (χ0n) is 12.7. The Hall–Kier alpha value is -1.36. The Balaban J connectivity index is 1.52. The smallest absolute Gasteiger partial charge is 0.257 e. The molecule has 5 nitrogen and oxygen atoms in total. The first-order valence-electron chi connectivity index (χ1n) is 8.26. The van der Waals surface area contributed by atoms with E-state index >= 15 is 0 Å². The predicted octanol–water partition coefficient (Wildman–Crippen LogP) is 1.37. The highest BCUT2D eigenvalue weighted by atomic mass is 16.2. The van der Waals surface area contributed by atoms with Crippen molar-refractivity contribution in [3.63, 3.8) is 0 Å². The molecule has 3 fully saturated rings. The largest absolute Gasteiger partial charge is 0.339 e. The van der Waals surface area contributed by atoms with Gasteiger partial charge in [-0.05, 0) is 50.6 Å². The zero-order chi connectivity index (χ0) is 14.4. The second kappa shape index (κ2) is 5.13. The van der Waals surface area contributed by atoms with Crippen LogP contribution in [0.2, 0.25) is 0 Å². The van der Waals surface area contributed by atoms with Crippen molar-refractivity contribution in [1.82, 2.24) is 20.0 Å². The third-order valence-electron chi connectivity index (χ3n) is 5.49. The Morgan fingerprint density at radius 2 is 1.86 bits per heavy atom. The highest BCUT2D eigenvalue weighted by molar-refractivity contribution is 5.95. The maximum atomic E-state index is 12.9. The Morgan fingerprint density at radius 3 is 2.48 bits per heavy atom. The van der Waals surface area contributed by atoms with Crippen LogP contribution in [-0.2, 0) is 7.05 Å². The Labute approximate surface area is 125 Å². The minimum Gasteiger partial charge on any atom is -0.339 e. The highest BCUT2D eigenvalue weighted by Gasteiger charge is 2.35. The number of likely N-dealkylation sites (tertiary alicyclic amines) is 1. The molecule has 1 amide bonds. The maximum absolute atomic E-state index is 12.9. The van der Waals surface area contributed by atoms with Gasteiger partial charge in [-0.1, -0.05) is 0 Å². The maximum Gasteiger partial charge on any atom is 0.257 e. The number of nitrogens with zero attached hydrogens (tertiary/aromatic N) is 3. The van der Waals surface area contributed by atoms with Crippen LogP contribution in [0.5, 0.6) is 0 Å². The minimum atomic E-state index is 0.206. The summed E-state index contributed by atoms with van der Waals surface area (Å²) in [7, 11) is 1.96. The first kappa shape index (κ1) is 13.3. The summed E-state index contributed by atoms with van der Waals surface area (Å²) in [5.41, 5.74) is 2.01. The van der Waals surface area contributed by atoms with Crippen LogP contribution < -0.4 is 5.32 Å². The van der Waals surface area contributed by atoms with E-state index in [1.807, 2.05) is 11.7 Å². The summed E-state index contributed by atoms with van der Waals surface area (Å²) in [6, 6.07) is 0. The van der Waals surface area contributed by atoms with Gasteiger partial charge in [0, 0.05) is 26.1 Å². The molecule has 5 heteroatoms. The van der Waals surface area contributed by atoms with Gasteiger partial charge in [0.15, 0.2) is 0 Å². The second-order valence-corrected chi connectivity index (χ2v) is 6.89. The molecule has 1 aromatic rings. The van der Waals surface area contributed by atoms with Gasteiger partial charge in [-0.3, -0.25) is 9.48 Å². The number of aryl methyl sites for hydroxylation is 1. The van der Waals surface area contributed by atoms with Gasteiger partial charge in [-0.25, -0.2) is 0 Å². The number of nitrogens with one attached hydrogen (secondary N) is 1. The summed E-state index contributed by atoms with van der Waals surface area (Å²) < 4.78 is 1.90. The molecule has 2 saturated heterocycles. The fourth-order valence-corrected chi connectivity index (χ4v) is 4.04. The topological polar surface area (TPSA) is 50.2 Å². The lowest BCUT2D eigenvalue weighted by Crippen LogP contribution is -2.33. The van der Waals surface area contributed by atoms with Gasteiger partial charge in [-0.2, -0.15) is 5.10 Å². The van der Waals surface area contributed by atoms with Gasteiger partial charge >= 0.3 is 0 Å². The van der Waals surface area contributed by atoms with Gasteiger partial charge in [0.1, 0.15) is 0 Å². The molecule has 0 aromatic carbocycles. The van der Waals surface area contributed by atoms with E-state index in [0.717, 1.165) is 62.1 Å². The molecule has 3 heterocycles. The molecule has 1 aliphatic carbocycles. The molecular formula is C16H24N4O. The standard InChI is InChI=1S/C16H24N4O/c1-19-15(11-2-3-11)14(10-18-19)16(21)20-6-4-12-8-17-9-13(12)5-7-20/h10-13,17H,2-9H2,1H3/t12-,13+. The molecule has 0 unspecified atom stereocenters. The van der Waals surface area contributed by atoms with Gasteiger partial charge in [0.2, 0.25) is 0 Å². The average Bonchev–Trinajstić information content (AvgIpc) is 3.16. The summed E-state index contributed by atoms with van der Waals surface area (Å²) >= 11 is 0. The van der Waals surface area contributed by atoms with Gasteiger partial charge in [-0.15, -0.1) is 0 Å². The number of rotatable bonds is 2. The average molecular weight is 288 g/mol. The number of carbonyl (C=O) groups is 1. The Bertz CT molecular complexity index is 534. The quantitative estimate of drug-likeness (QED) is 0.894. The van der Waals surface area contributed by atoms with Crippen LogP contribution >= 0.6 is 0 Å². The number of hydrogen-bond acceptors (Lipinski definition) is 3. The van der Waals surface area contributed by atoms with E-state index in [1.165, 1.54) is 12.8 Å².